The van der Waals surface area contributed by atoms with E-state index in [1.54, 1.807) is 27.7 Å². The summed E-state index contributed by atoms with van der Waals surface area (Å²) in [6.07, 6.45) is 0. The molecule has 0 aliphatic heterocycles. The van der Waals surface area contributed by atoms with Crippen LogP contribution in [0.4, 0.5) is 23.7 Å². The topological polar surface area (TPSA) is 114 Å². The van der Waals surface area contributed by atoms with Crippen molar-refractivity contribution in [3.63, 3.8) is 0 Å². The minimum atomic E-state index is -3.97. The lowest BCUT2D eigenvalue weighted by atomic mass is 9.92. The van der Waals surface area contributed by atoms with E-state index in [0.29, 0.717) is 28.2 Å². The quantitative estimate of drug-likeness (QED) is 0.433. The molecule has 2 rings (SSSR count). The Morgan fingerprint density at radius 3 is 2.09 bits per heavy atom. The highest BCUT2D eigenvalue weighted by molar-refractivity contribution is 7.93. The van der Waals surface area contributed by atoms with Crippen LogP contribution in [0.3, 0.4) is 0 Å². The molecule has 0 radical (unpaired) electrons. The largest absolute Gasteiger partial charge is 0.435 e. The number of amides is 2. The minimum Gasteiger partial charge on any atom is -0.435 e. The van der Waals surface area contributed by atoms with Gasteiger partial charge in [0.2, 0.25) is 0 Å². The number of hydrogen-bond acceptors (Lipinski definition) is 5. The highest BCUT2D eigenvalue weighted by Gasteiger charge is 2.27. The van der Waals surface area contributed by atoms with Gasteiger partial charge >= 0.3 is 12.6 Å². The second-order valence-corrected chi connectivity index (χ2v) is 11.6. The van der Waals surface area contributed by atoms with Crippen LogP contribution in [0.2, 0.25) is 0 Å². The molecule has 1 atom stereocenters. The Morgan fingerprint density at radius 1 is 1.18 bits per heavy atom. The van der Waals surface area contributed by atoms with Crippen LogP contribution in [-0.2, 0) is 15.5 Å². The first-order chi connectivity index (χ1) is 15.0. The molecule has 7 nitrogen and oxygen atoms in total. The van der Waals surface area contributed by atoms with E-state index in [1.165, 1.54) is 26.0 Å². The molecule has 2 aromatic rings. The van der Waals surface area contributed by atoms with Crippen LogP contribution in [0.15, 0.2) is 26.8 Å². The molecule has 0 spiro atoms. The van der Waals surface area contributed by atoms with E-state index in [9.17, 15) is 27.3 Å². The molecule has 1 aromatic heterocycles. The van der Waals surface area contributed by atoms with Gasteiger partial charge in [-0.2, -0.15) is 8.78 Å². The number of thiophene rings is 1. The monoisotopic (exact) mass is 507 g/mol. The lowest BCUT2D eigenvalue weighted by molar-refractivity contribution is -0.0499. The van der Waals surface area contributed by atoms with Gasteiger partial charge in [-0.3, -0.25) is 0 Å². The van der Waals surface area contributed by atoms with Gasteiger partial charge in [0, 0.05) is 10.6 Å². The van der Waals surface area contributed by atoms with Crippen molar-refractivity contribution >= 4 is 33.0 Å². The van der Waals surface area contributed by atoms with E-state index in [4.69, 9.17) is 5.14 Å². The van der Waals surface area contributed by atoms with Crippen LogP contribution in [0, 0.1) is 5.82 Å². The zero-order valence-corrected chi connectivity index (χ0v) is 20.7. The highest BCUT2D eigenvalue weighted by atomic mass is 32.2. The van der Waals surface area contributed by atoms with Gasteiger partial charge in [0.05, 0.1) is 5.60 Å². The minimum absolute atomic E-state index is 0.0604. The number of hydrogen-bond donors (Lipinski definition) is 3. The average Bonchev–Trinajstić information content (AvgIpc) is 3.04. The number of nitrogens with two attached hydrogens (primary N) is 1. The summed E-state index contributed by atoms with van der Waals surface area (Å²) in [4.78, 5) is 12.8. The molecule has 12 heteroatoms. The Labute approximate surface area is 195 Å². The summed E-state index contributed by atoms with van der Waals surface area (Å²) in [7, 11) is -3.97. The Hall–Kier alpha value is -2.15. The zero-order chi connectivity index (χ0) is 25.3. The van der Waals surface area contributed by atoms with Gasteiger partial charge in [0.25, 0.3) is 0 Å². The van der Waals surface area contributed by atoms with Crippen molar-refractivity contribution < 1.29 is 32.0 Å². The van der Waals surface area contributed by atoms with Crippen molar-refractivity contribution in [1.82, 2.24) is 0 Å². The third-order valence-electron chi connectivity index (χ3n) is 4.62. The smallest absolute Gasteiger partial charge is 0.387 e. The van der Waals surface area contributed by atoms with Crippen molar-refractivity contribution in [2.75, 3.05) is 5.32 Å². The fourth-order valence-electron chi connectivity index (χ4n) is 3.03. The molecule has 2 amide bonds. The van der Waals surface area contributed by atoms with E-state index in [1.807, 2.05) is 0 Å². The average molecular weight is 508 g/mol. The Bertz CT molecular complexity index is 1120. The van der Waals surface area contributed by atoms with Crippen LogP contribution in [-0.4, -0.2) is 22.0 Å². The van der Waals surface area contributed by atoms with Crippen LogP contribution in [0.1, 0.15) is 69.4 Å². The van der Waals surface area contributed by atoms with Gasteiger partial charge < -0.3 is 15.2 Å². The first-order valence-electron chi connectivity index (χ1n) is 10.0. The number of alkyl halides is 2. The highest BCUT2D eigenvalue weighted by Crippen LogP contribution is 2.37. The molecule has 0 bridgehead atoms. The molecular formula is C21H28F3N3O4S2. The summed E-state index contributed by atoms with van der Waals surface area (Å²) in [5.74, 6) is -1.41. The maximum Gasteiger partial charge on any atom is 0.387 e. The normalized spacial score (nSPS) is 14.0. The van der Waals surface area contributed by atoms with Crippen LogP contribution >= 0.6 is 11.3 Å². The molecule has 0 saturated carbocycles. The molecule has 0 aliphatic carbocycles. The predicted octanol–water partition coefficient (Wildman–Crippen LogP) is 5.90. The number of rotatable bonds is 7. The van der Waals surface area contributed by atoms with Gasteiger partial charge in [-0.15, -0.1) is 15.7 Å². The Balaban J connectivity index is 2.52. The van der Waals surface area contributed by atoms with E-state index < -0.39 is 38.2 Å². The van der Waals surface area contributed by atoms with Crippen LogP contribution in [0.25, 0.3) is 0 Å². The number of ether oxygens (including phenoxy) is 1. The van der Waals surface area contributed by atoms with E-state index in [0.717, 1.165) is 6.07 Å². The maximum atomic E-state index is 14.4. The van der Waals surface area contributed by atoms with Crippen LogP contribution in [0.5, 0.6) is 5.75 Å². The molecule has 1 aromatic carbocycles. The van der Waals surface area contributed by atoms with Crippen molar-refractivity contribution in [3.05, 3.63) is 40.0 Å². The van der Waals surface area contributed by atoms with Gasteiger partial charge in [-0.1, -0.05) is 27.7 Å². The molecule has 0 unspecified atom stereocenters. The molecule has 0 saturated heterocycles. The zero-order valence-electron chi connectivity index (χ0n) is 19.1. The van der Waals surface area contributed by atoms with Gasteiger partial charge in [-0.05, 0) is 55.0 Å². The number of nitrogens with one attached hydrogen (secondary N) is 1. The number of anilines is 1. The summed E-state index contributed by atoms with van der Waals surface area (Å²) in [6, 6.07) is 2.67. The fraction of sp³-hybridized carbons (Fsp3) is 0.476. The third-order valence-corrected chi connectivity index (χ3v) is 7.96. The summed E-state index contributed by atoms with van der Waals surface area (Å²) >= 11 is 0.659. The summed E-state index contributed by atoms with van der Waals surface area (Å²) in [5.41, 5.74) is -0.109. The molecule has 0 aliphatic rings. The summed E-state index contributed by atoms with van der Waals surface area (Å²) in [5, 5.41) is 18.3. The fourth-order valence-corrected chi connectivity index (χ4v) is 5.37. The van der Waals surface area contributed by atoms with E-state index in [-0.39, 0.29) is 22.5 Å². The van der Waals surface area contributed by atoms with E-state index in [2.05, 4.69) is 14.4 Å². The first-order valence-corrected chi connectivity index (χ1v) is 12.4. The second-order valence-electron chi connectivity index (χ2n) is 8.56. The number of urea groups is 1. The first kappa shape index (κ1) is 27.1. The van der Waals surface area contributed by atoms with Gasteiger partial charge in [-0.25, -0.2) is 18.5 Å². The van der Waals surface area contributed by atoms with Crippen molar-refractivity contribution in [3.8, 4) is 5.75 Å². The number of carbonyl (C=O) groups is 1. The molecular weight excluding hydrogens is 479 g/mol. The van der Waals surface area contributed by atoms with Crippen LogP contribution < -0.4 is 15.2 Å². The van der Waals surface area contributed by atoms with Gasteiger partial charge in [0.1, 0.15) is 5.75 Å². The van der Waals surface area contributed by atoms with Crippen molar-refractivity contribution in [2.45, 2.75) is 69.8 Å². The van der Waals surface area contributed by atoms with Crippen molar-refractivity contribution in [1.29, 1.82) is 0 Å². The predicted molar refractivity (Wildman–Crippen MR) is 123 cm³/mol. The molecule has 184 valence electrons. The summed E-state index contributed by atoms with van der Waals surface area (Å²) < 4.78 is 60.3. The molecule has 33 heavy (non-hydrogen) atoms. The lowest BCUT2D eigenvalue weighted by Crippen LogP contribution is -2.19. The van der Waals surface area contributed by atoms with Gasteiger partial charge in [0.15, 0.2) is 19.9 Å². The molecule has 0 fully saturated rings. The molecule has 4 N–H and O–H groups in total. The maximum absolute atomic E-state index is 14.4. The third kappa shape index (κ3) is 6.69. The number of halogens is 3. The number of aliphatic hydroxyl groups is 1. The number of nitrogens with zero attached hydrogens (tertiary/aromatic N) is 1. The number of benzene rings is 1. The molecule has 1 heterocycles. The standard InChI is InChI=1S/C21H28F3N3O4S2/c1-10(2)13-7-12(31-19(23)24)8-14(11(3)4)17(13)26-20(28)27-33(25,30)18-15(22)9-16(32-18)21(5,6)29/h7-11,19,29H,1-6H3,(H3,25,26,27,28,30)/t33-/m1/s1. The Morgan fingerprint density at radius 2 is 1.70 bits per heavy atom. The lowest BCUT2D eigenvalue weighted by Gasteiger charge is -2.21. The number of carbonyl (C=O) groups excluding carboxylic acids is 1. The SMILES string of the molecule is CC(C)c1cc(OC(F)F)cc(C(C)C)c1NC(=O)N=[S@@](N)(=O)c1sc(C(C)(C)O)cc1F. The summed E-state index contributed by atoms with van der Waals surface area (Å²) in [6.45, 7) is 7.01. The van der Waals surface area contributed by atoms with Crippen molar-refractivity contribution in [2.24, 2.45) is 9.50 Å². The Kier molecular flexibility index (Phi) is 8.21. The van der Waals surface area contributed by atoms with E-state index >= 15 is 0 Å². The second kappa shape index (κ2) is 10.00.